The molecule has 1 aromatic heterocycles. The molecule has 0 aliphatic carbocycles. The van der Waals surface area contributed by atoms with E-state index in [0.29, 0.717) is 6.04 Å². The van der Waals surface area contributed by atoms with Crippen molar-refractivity contribution in [2.75, 3.05) is 7.05 Å². The molecular formula is C14H18BrN3. The molecule has 1 N–H and O–H groups in total. The van der Waals surface area contributed by atoms with Crippen molar-refractivity contribution in [2.24, 2.45) is 0 Å². The van der Waals surface area contributed by atoms with Crippen LogP contribution in [0.3, 0.4) is 0 Å². The lowest BCUT2D eigenvalue weighted by molar-refractivity contribution is 0.632. The molecule has 18 heavy (non-hydrogen) atoms. The molecule has 1 heterocycles. The largest absolute Gasteiger partial charge is 0.313 e. The second-order valence-electron chi connectivity index (χ2n) is 4.44. The van der Waals surface area contributed by atoms with E-state index < -0.39 is 0 Å². The molecule has 1 unspecified atom stereocenters. The van der Waals surface area contributed by atoms with Crippen LogP contribution >= 0.6 is 15.9 Å². The summed E-state index contributed by atoms with van der Waals surface area (Å²) in [7, 11) is 1.97. The fraction of sp³-hybridized carbons (Fsp3) is 0.357. The summed E-state index contributed by atoms with van der Waals surface area (Å²) >= 11 is 3.57. The van der Waals surface area contributed by atoms with E-state index >= 15 is 0 Å². The van der Waals surface area contributed by atoms with E-state index in [1.54, 1.807) is 0 Å². The van der Waals surface area contributed by atoms with Gasteiger partial charge in [-0.2, -0.15) is 5.10 Å². The average Bonchev–Trinajstić information content (AvgIpc) is 2.73. The van der Waals surface area contributed by atoms with E-state index in [0.717, 1.165) is 11.0 Å². The zero-order valence-electron chi connectivity index (χ0n) is 10.9. The molecule has 0 aliphatic heterocycles. The van der Waals surface area contributed by atoms with Crippen molar-refractivity contribution in [2.45, 2.75) is 26.4 Å². The van der Waals surface area contributed by atoms with Gasteiger partial charge in [0.05, 0.1) is 12.7 Å². The van der Waals surface area contributed by atoms with Gasteiger partial charge in [0.15, 0.2) is 0 Å². The number of nitrogens with zero attached hydrogens (tertiary/aromatic N) is 2. The Morgan fingerprint density at radius 2 is 2.11 bits per heavy atom. The Hall–Kier alpha value is -1.13. The van der Waals surface area contributed by atoms with Gasteiger partial charge in [0, 0.05) is 21.8 Å². The molecule has 1 aromatic carbocycles. The normalized spacial score (nSPS) is 12.7. The third-order valence-corrected chi connectivity index (χ3v) is 4.09. The molecule has 0 aliphatic rings. The first-order valence-corrected chi connectivity index (χ1v) is 6.85. The van der Waals surface area contributed by atoms with Crippen molar-refractivity contribution in [3.8, 4) is 0 Å². The van der Waals surface area contributed by atoms with Crippen LogP contribution in [0.5, 0.6) is 0 Å². The molecule has 0 amide bonds. The molecule has 1 atom stereocenters. The summed E-state index contributed by atoms with van der Waals surface area (Å²) in [5.74, 6) is 0. The standard InChI is InChI=1S/C14H18BrN3/c1-10(16-3)13-8-17-18(11(13)2)9-12-6-4-5-7-14(12)15/h4-8,10,16H,9H2,1-3H3. The van der Waals surface area contributed by atoms with Crippen LogP contribution in [0.2, 0.25) is 0 Å². The number of halogens is 1. The highest BCUT2D eigenvalue weighted by molar-refractivity contribution is 9.10. The van der Waals surface area contributed by atoms with Gasteiger partial charge in [0.1, 0.15) is 0 Å². The third kappa shape index (κ3) is 2.65. The zero-order valence-corrected chi connectivity index (χ0v) is 12.5. The van der Waals surface area contributed by atoms with Gasteiger partial charge in [0.25, 0.3) is 0 Å². The van der Waals surface area contributed by atoms with Crippen LogP contribution < -0.4 is 5.32 Å². The summed E-state index contributed by atoms with van der Waals surface area (Å²) in [5, 5.41) is 7.73. The molecule has 2 aromatic rings. The number of hydrogen-bond donors (Lipinski definition) is 1. The fourth-order valence-electron chi connectivity index (χ4n) is 1.99. The monoisotopic (exact) mass is 307 g/mol. The maximum atomic E-state index is 4.48. The van der Waals surface area contributed by atoms with Crippen molar-refractivity contribution in [1.82, 2.24) is 15.1 Å². The van der Waals surface area contributed by atoms with Gasteiger partial charge in [-0.25, -0.2) is 0 Å². The fourth-order valence-corrected chi connectivity index (χ4v) is 2.40. The number of nitrogens with one attached hydrogen (secondary N) is 1. The lowest BCUT2D eigenvalue weighted by atomic mass is 10.1. The van der Waals surface area contributed by atoms with E-state index in [1.165, 1.54) is 16.8 Å². The Bertz CT molecular complexity index is 534. The van der Waals surface area contributed by atoms with Crippen molar-refractivity contribution in [1.29, 1.82) is 0 Å². The molecule has 4 heteroatoms. The van der Waals surface area contributed by atoms with E-state index in [9.17, 15) is 0 Å². The molecule has 0 saturated heterocycles. The van der Waals surface area contributed by atoms with Crippen molar-refractivity contribution >= 4 is 15.9 Å². The lowest BCUT2D eigenvalue weighted by Gasteiger charge is -2.11. The van der Waals surface area contributed by atoms with Crippen LogP contribution in [-0.4, -0.2) is 16.8 Å². The van der Waals surface area contributed by atoms with E-state index in [1.807, 2.05) is 24.0 Å². The van der Waals surface area contributed by atoms with Gasteiger partial charge >= 0.3 is 0 Å². The quantitative estimate of drug-likeness (QED) is 0.939. The summed E-state index contributed by atoms with van der Waals surface area (Å²) < 4.78 is 3.17. The Balaban J connectivity index is 2.26. The van der Waals surface area contributed by atoms with E-state index in [4.69, 9.17) is 0 Å². The van der Waals surface area contributed by atoms with Gasteiger partial charge in [-0.15, -0.1) is 0 Å². The van der Waals surface area contributed by atoms with Gasteiger partial charge in [-0.1, -0.05) is 34.1 Å². The summed E-state index contributed by atoms with van der Waals surface area (Å²) in [6.07, 6.45) is 1.95. The number of benzene rings is 1. The van der Waals surface area contributed by atoms with Crippen LogP contribution in [0.4, 0.5) is 0 Å². The molecule has 3 nitrogen and oxygen atoms in total. The van der Waals surface area contributed by atoms with Crippen LogP contribution in [0.25, 0.3) is 0 Å². The first kappa shape index (κ1) is 13.3. The van der Waals surface area contributed by atoms with Crippen molar-refractivity contribution < 1.29 is 0 Å². The van der Waals surface area contributed by atoms with Gasteiger partial charge in [-0.3, -0.25) is 4.68 Å². The molecule has 2 rings (SSSR count). The molecule has 0 bridgehead atoms. The maximum Gasteiger partial charge on any atom is 0.0673 e. The third-order valence-electron chi connectivity index (χ3n) is 3.32. The lowest BCUT2D eigenvalue weighted by Crippen LogP contribution is -2.13. The average molecular weight is 308 g/mol. The predicted octanol–water partition coefficient (Wildman–Crippen LogP) is 3.28. The van der Waals surface area contributed by atoms with E-state index in [2.05, 4.69) is 58.4 Å². The summed E-state index contributed by atoms with van der Waals surface area (Å²) in [6.45, 7) is 5.06. The Morgan fingerprint density at radius 3 is 2.78 bits per heavy atom. The smallest absolute Gasteiger partial charge is 0.0673 e. The Kier molecular flexibility index (Phi) is 4.19. The summed E-state index contributed by atoms with van der Waals surface area (Å²) in [5.41, 5.74) is 3.71. The van der Waals surface area contributed by atoms with Gasteiger partial charge < -0.3 is 5.32 Å². The molecule has 0 saturated carbocycles. The highest BCUT2D eigenvalue weighted by Crippen LogP contribution is 2.20. The molecular weight excluding hydrogens is 290 g/mol. The number of hydrogen-bond acceptors (Lipinski definition) is 2. The first-order valence-electron chi connectivity index (χ1n) is 6.06. The van der Waals surface area contributed by atoms with E-state index in [-0.39, 0.29) is 0 Å². The highest BCUT2D eigenvalue weighted by atomic mass is 79.9. The van der Waals surface area contributed by atoms with Gasteiger partial charge in [0.2, 0.25) is 0 Å². The number of rotatable bonds is 4. The van der Waals surface area contributed by atoms with Crippen LogP contribution in [0, 0.1) is 6.92 Å². The highest BCUT2D eigenvalue weighted by Gasteiger charge is 2.12. The zero-order chi connectivity index (χ0) is 13.1. The minimum absolute atomic E-state index is 0.331. The topological polar surface area (TPSA) is 29.9 Å². The molecule has 96 valence electrons. The Labute approximate surface area is 116 Å². The molecule has 0 spiro atoms. The molecule has 0 fully saturated rings. The van der Waals surface area contributed by atoms with Crippen LogP contribution in [0.15, 0.2) is 34.9 Å². The summed E-state index contributed by atoms with van der Waals surface area (Å²) in [4.78, 5) is 0. The van der Waals surface area contributed by atoms with Crippen molar-refractivity contribution in [3.63, 3.8) is 0 Å². The van der Waals surface area contributed by atoms with Crippen molar-refractivity contribution in [3.05, 3.63) is 51.8 Å². The van der Waals surface area contributed by atoms with Gasteiger partial charge in [-0.05, 0) is 32.5 Å². The Morgan fingerprint density at radius 1 is 1.39 bits per heavy atom. The second-order valence-corrected chi connectivity index (χ2v) is 5.30. The predicted molar refractivity (Wildman–Crippen MR) is 77.7 cm³/mol. The first-order chi connectivity index (χ1) is 8.63. The summed E-state index contributed by atoms with van der Waals surface area (Å²) in [6, 6.07) is 8.59. The van der Waals surface area contributed by atoms with Crippen LogP contribution in [-0.2, 0) is 6.54 Å². The minimum Gasteiger partial charge on any atom is -0.313 e. The minimum atomic E-state index is 0.331. The second kappa shape index (κ2) is 5.67. The number of aromatic nitrogens is 2. The maximum absolute atomic E-state index is 4.48. The SMILES string of the molecule is CNC(C)c1cnn(Cc2ccccc2Br)c1C. The molecule has 0 radical (unpaired) electrons. The van der Waals surface area contributed by atoms with Crippen LogP contribution in [0.1, 0.15) is 29.8 Å².